The fourth-order valence-electron chi connectivity index (χ4n) is 1.70. The standard InChI is InChI=1S/C9H20N2O2S.ClH/c1-8(2)14(12,13)11-5-3-9(7-10)4-6-11;/h8-9H,3-7,10H2,1-2H3;1H. The highest BCUT2D eigenvalue weighted by Crippen LogP contribution is 2.20. The van der Waals surface area contributed by atoms with Crippen molar-refractivity contribution in [2.45, 2.75) is 31.9 Å². The molecule has 0 bridgehead atoms. The molecule has 1 aliphatic heterocycles. The molecule has 92 valence electrons. The van der Waals surface area contributed by atoms with Gasteiger partial charge in [0.05, 0.1) is 5.25 Å². The van der Waals surface area contributed by atoms with Crippen LogP contribution in [0, 0.1) is 5.92 Å². The highest BCUT2D eigenvalue weighted by molar-refractivity contribution is 7.89. The third-order valence-electron chi connectivity index (χ3n) is 2.86. The van der Waals surface area contributed by atoms with Crippen LogP contribution in [-0.4, -0.2) is 37.6 Å². The second kappa shape index (κ2) is 6.03. The maximum atomic E-state index is 11.8. The van der Waals surface area contributed by atoms with Crippen molar-refractivity contribution in [1.82, 2.24) is 4.31 Å². The summed E-state index contributed by atoms with van der Waals surface area (Å²) in [5.74, 6) is 0.508. The molecule has 0 amide bonds. The summed E-state index contributed by atoms with van der Waals surface area (Å²) in [6, 6.07) is 0. The quantitative estimate of drug-likeness (QED) is 0.813. The first kappa shape index (κ1) is 15.2. The Balaban J connectivity index is 0.00000196. The van der Waals surface area contributed by atoms with Gasteiger partial charge in [-0.25, -0.2) is 12.7 Å². The number of nitrogens with two attached hydrogens (primary N) is 1. The van der Waals surface area contributed by atoms with Crippen LogP contribution in [0.15, 0.2) is 0 Å². The van der Waals surface area contributed by atoms with E-state index in [-0.39, 0.29) is 17.7 Å². The Morgan fingerprint density at radius 2 is 1.80 bits per heavy atom. The van der Waals surface area contributed by atoms with Gasteiger partial charge in [-0.05, 0) is 39.2 Å². The molecule has 0 aliphatic carbocycles. The van der Waals surface area contributed by atoms with E-state index in [1.807, 2.05) is 0 Å². The van der Waals surface area contributed by atoms with Crippen LogP contribution >= 0.6 is 12.4 Å². The lowest BCUT2D eigenvalue weighted by Crippen LogP contribution is -2.43. The molecule has 15 heavy (non-hydrogen) atoms. The summed E-state index contributed by atoms with van der Waals surface area (Å²) in [6.07, 6.45) is 1.81. The lowest BCUT2D eigenvalue weighted by Gasteiger charge is -2.31. The van der Waals surface area contributed by atoms with Crippen molar-refractivity contribution in [1.29, 1.82) is 0 Å². The Labute approximate surface area is 98.7 Å². The summed E-state index contributed by atoms with van der Waals surface area (Å²) < 4.78 is 25.2. The zero-order valence-corrected chi connectivity index (χ0v) is 11.0. The van der Waals surface area contributed by atoms with Gasteiger partial charge < -0.3 is 5.73 Å². The number of sulfonamides is 1. The van der Waals surface area contributed by atoms with Gasteiger partial charge in [0.25, 0.3) is 0 Å². The van der Waals surface area contributed by atoms with Crippen LogP contribution in [0.4, 0.5) is 0 Å². The van der Waals surface area contributed by atoms with Crippen LogP contribution in [0.5, 0.6) is 0 Å². The summed E-state index contributed by atoms with van der Waals surface area (Å²) in [6.45, 7) is 5.41. The Kier molecular flexibility index (Phi) is 6.10. The van der Waals surface area contributed by atoms with Gasteiger partial charge in [0, 0.05) is 13.1 Å². The van der Waals surface area contributed by atoms with Gasteiger partial charge in [0.1, 0.15) is 0 Å². The zero-order valence-electron chi connectivity index (χ0n) is 9.35. The smallest absolute Gasteiger partial charge is 0.216 e. The van der Waals surface area contributed by atoms with E-state index in [4.69, 9.17) is 5.73 Å². The molecule has 0 atom stereocenters. The van der Waals surface area contributed by atoms with Crippen LogP contribution in [0.25, 0.3) is 0 Å². The molecule has 0 aromatic carbocycles. The van der Waals surface area contributed by atoms with Crippen LogP contribution in [-0.2, 0) is 10.0 Å². The lowest BCUT2D eigenvalue weighted by molar-refractivity contribution is 0.277. The normalized spacial score (nSPS) is 20.3. The first-order valence-corrected chi connectivity index (χ1v) is 6.67. The van der Waals surface area contributed by atoms with Crippen molar-refractivity contribution < 1.29 is 8.42 Å². The zero-order chi connectivity index (χ0) is 10.8. The molecule has 4 nitrogen and oxygen atoms in total. The molecule has 0 saturated carbocycles. The Hall–Kier alpha value is 0.160. The molecule has 6 heteroatoms. The van der Waals surface area contributed by atoms with Gasteiger partial charge in [0.2, 0.25) is 10.0 Å². The number of nitrogens with zero attached hydrogens (tertiary/aromatic N) is 1. The first-order chi connectivity index (χ1) is 6.48. The maximum absolute atomic E-state index is 11.8. The largest absolute Gasteiger partial charge is 0.330 e. The molecule has 0 aromatic heterocycles. The van der Waals surface area contributed by atoms with Crippen LogP contribution in [0.3, 0.4) is 0 Å². The molecule has 0 spiro atoms. The molecule has 1 rings (SSSR count). The maximum Gasteiger partial charge on any atom is 0.216 e. The Morgan fingerprint density at radius 3 is 2.13 bits per heavy atom. The summed E-state index contributed by atoms with van der Waals surface area (Å²) in [7, 11) is -3.04. The molecule has 0 radical (unpaired) electrons. The number of rotatable bonds is 3. The minimum atomic E-state index is -3.04. The third-order valence-corrected chi connectivity index (χ3v) is 5.14. The monoisotopic (exact) mass is 256 g/mol. The summed E-state index contributed by atoms with van der Waals surface area (Å²) in [5.41, 5.74) is 5.55. The van der Waals surface area contributed by atoms with Crippen molar-refractivity contribution in [2.75, 3.05) is 19.6 Å². The molecule has 1 saturated heterocycles. The van der Waals surface area contributed by atoms with E-state index in [1.54, 1.807) is 18.2 Å². The average molecular weight is 257 g/mol. The minimum absolute atomic E-state index is 0. The summed E-state index contributed by atoms with van der Waals surface area (Å²) in [4.78, 5) is 0. The van der Waals surface area contributed by atoms with Crippen molar-refractivity contribution in [2.24, 2.45) is 11.7 Å². The lowest BCUT2D eigenvalue weighted by atomic mass is 9.99. The second-order valence-corrected chi connectivity index (χ2v) is 6.66. The average Bonchev–Trinajstić information content (AvgIpc) is 2.17. The minimum Gasteiger partial charge on any atom is -0.330 e. The van der Waals surface area contributed by atoms with Gasteiger partial charge in [-0.15, -0.1) is 12.4 Å². The molecule has 0 aromatic rings. The fraction of sp³-hybridized carbons (Fsp3) is 1.00. The summed E-state index contributed by atoms with van der Waals surface area (Å²) in [5, 5.41) is -0.308. The van der Waals surface area contributed by atoms with Gasteiger partial charge in [-0.1, -0.05) is 0 Å². The molecule has 1 aliphatic rings. The third kappa shape index (κ3) is 3.59. The van der Waals surface area contributed by atoms with Gasteiger partial charge in [0.15, 0.2) is 0 Å². The van der Waals surface area contributed by atoms with Crippen LogP contribution in [0.1, 0.15) is 26.7 Å². The van der Waals surface area contributed by atoms with Crippen molar-refractivity contribution >= 4 is 22.4 Å². The highest BCUT2D eigenvalue weighted by atomic mass is 35.5. The Bertz CT molecular complexity index is 272. The number of piperidine rings is 1. The van der Waals surface area contributed by atoms with Gasteiger partial charge in [-0.3, -0.25) is 0 Å². The fourth-order valence-corrected chi connectivity index (χ4v) is 3.01. The van der Waals surface area contributed by atoms with Crippen LogP contribution in [0.2, 0.25) is 0 Å². The molecule has 2 N–H and O–H groups in total. The SMILES string of the molecule is CC(C)S(=O)(=O)N1CCC(CN)CC1.Cl. The van der Waals surface area contributed by atoms with E-state index < -0.39 is 10.0 Å². The second-order valence-electron chi connectivity index (χ2n) is 4.17. The van der Waals surface area contributed by atoms with Gasteiger partial charge in [-0.2, -0.15) is 0 Å². The molecular weight excluding hydrogens is 236 g/mol. The molecule has 1 heterocycles. The highest BCUT2D eigenvalue weighted by Gasteiger charge is 2.29. The van der Waals surface area contributed by atoms with E-state index in [1.165, 1.54) is 0 Å². The topological polar surface area (TPSA) is 63.4 Å². The Morgan fingerprint density at radius 1 is 1.33 bits per heavy atom. The van der Waals surface area contributed by atoms with Crippen molar-refractivity contribution in [3.63, 3.8) is 0 Å². The number of hydrogen-bond donors (Lipinski definition) is 1. The van der Waals surface area contributed by atoms with E-state index in [0.717, 1.165) is 12.8 Å². The van der Waals surface area contributed by atoms with Crippen molar-refractivity contribution in [3.8, 4) is 0 Å². The number of hydrogen-bond acceptors (Lipinski definition) is 3. The van der Waals surface area contributed by atoms with Crippen molar-refractivity contribution in [3.05, 3.63) is 0 Å². The number of halogens is 1. The van der Waals surface area contributed by atoms with Gasteiger partial charge >= 0.3 is 0 Å². The van der Waals surface area contributed by atoms with Crippen LogP contribution < -0.4 is 5.73 Å². The molecule has 1 fully saturated rings. The van der Waals surface area contributed by atoms with E-state index in [9.17, 15) is 8.42 Å². The molecular formula is C9H21ClN2O2S. The van der Waals surface area contributed by atoms with E-state index in [0.29, 0.717) is 25.6 Å². The predicted octanol–water partition coefficient (Wildman–Crippen LogP) is 0.817. The van der Waals surface area contributed by atoms with E-state index >= 15 is 0 Å². The summed E-state index contributed by atoms with van der Waals surface area (Å²) >= 11 is 0. The van der Waals surface area contributed by atoms with E-state index in [2.05, 4.69) is 0 Å². The molecule has 0 unspecified atom stereocenters. The first-order valence-electron chi connectivity index (χ1n) is 5.17. The predicted molar refractivity (Wildman–Crippen MR) is 64.7 cm³/mol.